The molecular formula is C21H30O5S. The summed E-state index contributed by atoms with van der Waals surface area (Å²) in [6, 6.07) is 0. The lowest BCUT2D eigenvalue weighted by Gasteiger charge is -2.21. The number of ketones is 1. The van der Waals surface area contributed by atoms with Crippen molar-refractivity contribution in [1.29, 1.82) is 0 Å². The van der Waals surface area contributed by atoms with Crippen molar-refractivity contribution in [2.45, 2.75) is 90.1 Å². The summed E-state index contributed by atoms with van der Waals surface area (Å²) in [5, 5.41) is 0. The van der Waals surface area contributed by atoms with Crippen LogP contribution < -0.4 is 18.9 Å². The molecule has 5 nitrogen and oxygen atoms in total. The second-order valence-corrected chi connectivity index (χ2v) is 8.95. The van der Waals surface area contributed by atoms with Gasteiger partial charge in [-0.1, -0.05) is 20.8 Å². The second kappa shape index (κ2) is 7.12. The molecule has 0 bridgehead atoms. The minimum absolute atomic E-state index is 0.183. The van der Waals surface area contributed by atoms with Crippen molar-refractivity contribution in [2.75, 3.05) is 5.75 Å². The highest BCUT2D eigenvalue weighted by Crippen LogP contribution is 2.62. The molecule has 27 heavy (non-hydrogen) atoms. The molecule has 0 amide bonds. The largest absolute Gasteiger partial charge is 0.449 e. The summed E-state index contributed by atoms with van der Waals surface area (Å²) in [7, 11) is 0. The number of thioether (sulfide) groups is 1. The zero-order valence-corrected chi connectivity index (χ0v) is 18.2. The van der Waals surface area contributed by atoms with E-state index >= 15 is 0 Å². The lowest BCUT2D eigenvalue weighted by atomic mass is 9.91. The molecule has 2 aliphatic heterocycles. The number of hydrogen-bond acceptors (Lipinski definition) is 6. The van der Waals surface area contributed by atoms with E-state index in [1.807, 2.05) is 34.6 Å². The Morgan fingerprint density at radius 3 is 1.70 bits per heavy atom. The third kappa shape index (κ3) is 3.73. The van der Waals surface area contributed by atoms with Crippen molar-refractivity contribution in [3.63, 3.8) is 0 Å². The lowest BCUT2D eigenvalue weighted by Crippen LogP contribution is -2.31. The van der Waals surface area contributed by atoms with E-state index in [1.54, 1.807) is 0 Å². The first-order valence-corrected chi connectivity index (χ1v) is 10.7. The van der Waals surface area contributed by atoms with Crippen LogP contribution in [0.5, 0.6) is 23.0 Å². The summed E-state index contributed by atoms with van der Waals surface area (Å²) in [5.74, 6) is 2.12. The van der Waals surface area contributed by atoms with Crippen LogP contribution in [0, 0.1) is 0 Å². The third-order valence-electron chi connectivity index (χ3n) is 4.87. The Balaban J connectivity index is 2.20. The van der Waals surface area contributed by atoms with Crippen LogP contribution in [-0.4, -0.2) is 23.1 Å². The Labute approximate surface area is 166 Å². The van der Waals surface area contributed by atoms with E-state index in [1.165, 1.54) is 11.8 Å². The summed E-state index contributed by atoms with van der Waals surface area (Å²) < 4.78 is 24.8. The Kier molecular flexibility index (Phi) is 5.32. The average molecular weight is 395 g/mol. The van der Waals surface area contributed by atoms with Crippen LogP contribution in [0.4, 0.5) is 0 Å². The van der Waals surface area contributed by atoms with Gasteiger partial charge < -0.3 is 18.9 Å². The average Bonchev–Trinajstić information content (AvgIpc) is 3.08. The number of benzene rings is 1. The van der Waals surface area contributed by atoms with Crippen LogP contribution in [0.25, 0.3) is 0 Å². The molecule has 0 saturated carbocycles. The molecule has 0 aromatic heterocycles. The molecule has 1 aromatic rings. The number of carbonyl (C=O) groups is 1. The topological polar surface area (TPSA) is 54.0 Å². The quantitative estimate of drug-likeness (QED) is 0.555. The van der Waals surface area contributed by atoms with Crippen molar-refractivity contribution >= 4 is 17.5 Å². The van der Waals surface area contributed by atoms with Crippen LogP contribution in [-0.2, 0) is 4.79 Å². The maximum Gasteiger partial charge on any atom is 0.246 e. The van der Waals surface area contributed by atoms with E-state index in [9.17, 15) is 4.79 Å². The van der Waals surface area contributed by atoms with Crippen molar-refractivity contribution in [1.82, 2.24) is 0 Å². The van der Waals surface area contributed by atoms with Crippen molar-refractivity contribution in [2.24, 2.45) is 0 Å². The number of Topliss-reactive ketones (excluding diaryl/α,β-unsaturated/α-hetero) is 1. The number of ether oxygens (including phenoxy) is 4. The van der Waals surface area contributed by atoms with Gasteiger partial charge in [0.1, 0.15) is 10.7 Å². The Bertz CT molecular complexity index is 704. The fourth-order valence-electron chi connectivity index (χ4n) is 3.52. The van der Waals surface area contributed by atoms with E-state index in [2.05, 4.69) is 13.8 Å². The molecule has 0 fully saturated rings. The number of rotatable bonds is 7. The van der Waals surface area contributed by atoms with Gasteiger partial charge >= 0.3 is 0 Å². The van der Waals surface area contributed by atoms with Crippen molar-refractivity contribution in [3.8, 4) is 23.0 Å². The minimum atomic E-state index is -0.766. The maximum absolute atomic E-state index is 11.9. The molecule has 0 saturated heterocycles. The van der Waals surface area contributed by atoms with Crippen LogP contribution in [0.3, 0.4) is 0 Å². The van der Waals surface area contributed by atoms with E-state index in [0.717, 1.165) is 34.8 Å². The number of fused-ring (bicyclic) bond motifs is 2. The summed E-state index contributed by atoms with van der Waals surface area (Å²) in [6.45, 7) is 13.8. The highest BCUT2D eigenvalue weighted by Gasteiger charge is 2.46. The zero-order valence-electron chi connectivity index (χ0n) is 17.4. The van der Waals surface area contributed by atoms with E-state index in [-0.39, 0.29) is 11.7 Å². The fourth-order valence-corrected chi connectivity index (χ4v) is 4.56. The maximum atomic E-state index is 11.9. The third-order valence-corrected chi connectivity index (χ3v) is 6.00. The normalized spacial score (nSPS) is 18.2. The standard InChI is InChI=1S/C21H30O5S/c1-8-12(9-2)14-15-17(25-20(4,5)23-15)19(27-11-13(22)10-3)18-16(14)24-21(6,7)26-18/h12H,8-11H2,1-7H3. The smallest absolute Gasteiger partial charge is 0.246 e. The summed E-state index contributed by atoms with van der Waals surface area (Å²) >= 11 is 1.44. The van der Waals surface area contributed by atoms with E-state index in [4.69, 9.17) is 18.9 Å². The Morgan fingerprint density at radius 1 is 0.852 bits per heavy atom. The SMILES string of the molecule is CCC(=O)CSc1c2c(c(C(CC)CC)c3c1OC(C)(C)O3)OC(C)(C)O2. The molecule has 3 rings (SSSR count). The van der Waals surface area contributed by atoms with Gasteiger partial charge in [-0.3, -0.25) is 4.79 Å². The molecule has 0 unspecified atom stereocenters. The molecule has 1 aromatic carbocycles. The summed E-state index contributed by atoms with van der Waals surface area (Å²) in [5.41, 5.74) is 1.02. The lowest BCUT2D eigenvalue weighted by molar-refractivity contribution is -0.116. The van der Waals surface area contributed by atoms with Gasteiger partial charge in [-0.15, -0.1) is 11.8 Å². The number of carbonyl (C=O) groups excluding carboxylic acids is 1. The van der Waals surface area contributed by atoms with Gasteiger partial charge in [0.15, 0.2) is 23.0 Å². The molecule has 0 aliphatic carbocycles. The molecule has 2 heterocycles. The van der Waals surface area contributed by atoms with Gasteiger partial charge in [-0.05, 0) is 18.8 Å². The Hall–Kier alpha value is -1.56. The fraction of sp³-hybridized carbons (Fsp3) is 0.667. The monoisotopic (exact) mass is 394 g/mol. The van der Waals surface area contributed by atoms with Gasteiger partial charge in [0, 0.05) is 39.7 Å². The molecule has 2 aliphatic rings. The van der Waals surface area contributed by atoms with Gasteiger partial charge in [0.2, 0.25) is 11.6 Å². The van der Waals surface area contributed by atoms with E-state index < -0.39 is 11.6 Å². The first-order chi connectivity index (χ1) is 12.6. The number of hydrogen-bond donors (Lipinski definition) is 0. The van der Waals surface area contributed by atoms with Crippen LogP contribution in [0.2, 0.25) is 0 Å². The zero-order chi connectivity index (χ0) is 20.0. The Morgan fingerprint density at radius 2 is 1.30 bits per heavy atom. The summed E-state index contributed by atoms with van der Waals surface area (Å²) in [4.78, 5) is 12.7. The van der Waals surface area contributed by atoms with Gasteiger partial charge in [0.25, 0.3) is 0 Å². The van der Waals surface area contributed by atoms with Crippen LogP contribution in [0.15, 0.2) is 4.90 Å². The highest BCUT2D eigenvalue weighted by atomic mass is 32.2. The van der Waals surface area contributed by atoms with Gasteiger partial charge in [0.05, 0.1) is 5.75 Å². The molecule has 150 valence electrons. The predicted molar refractivity (Wildman–Crippen MR) is 106 cm³/mol. The highest BCUT2D eigenvalue weighted by molar-refractivity contribution is 8.00. The van der Waals surface area contributed by atoms with Gasteiger partial charge in [-0.2, -0.15) is 0 Å². The predicted octanol–water partition coefficient (Wildman–Crippen LogP) is 5.68. The van der Waals surface area contributed by atoms with Crippen molar-refractivity contribution < 1.29 is 23.7 Å². The van der Waals surface area contributed by atoms with Crippen LogP contribution in [0.1, 0.15) is 79.2 Å². The van der Waals surface area contributed by atoms with E-state index in [0.29, 0.717) is 23.7 Å². The first kappa shape index (κ1) is 20.2. The molecule has 6 heteroatoms. The first-order valence-electron chi connectivity index (χ1n) is 9.76. The summed E-state index contributed by atoms with van der Waals surface area (Å²) in [6.07, 6.45) is 2.43. The molecule has 0 radical (unpaired) electrons. The molecule has 0 spiro atoms. The second-order valence-electron chi connectivity index (χ2n) is 7.96. The van der Waals surface area contributed by atoms with Gasteiger partial charge in [-0.25, -0.2) is 0 Å². The van der Waals surface area contributed by atoms with Crippen LogP contribution >= 0.6 is 11.8 Å². The molecule has 0 N–H and O–H groups in total. The molecular weight excluding hydrogens is 364 g/mol. The molecule has 0 atom stereocenters. The minimum Gasteiger partial charge on any atom is -0.449 e. The van der Waals surface area contributed by atoms with Crippen molar-refractivity contribution in [3.05, 3.63) is 5.56 Å².